The Kier molecular flexibility index (Phi) is 7.98. The Labute approximate surface area is 113 Å². The summed E-state index contributed by atoms with van der Waals surface area (Å²) in [4.78, 5) is 17.7. The predicted octanol–water partition coefficient (Wildman–Crippen LogP) is 1.19. The van der Waals surface area contributed by atoms with Gasteiger partial charge in [0, 0.05) is 6.16 Å². The molecule has 0 aromatic heterocycles. The normalized spacial score (nSPS) is 16.2. The van der Waals surface area contributed by atoms with E-state index in [1.54, 1.807) is 6.92 Å². The molecule has 0 aliphatic carbocycles. The molecule has 0 aliphatic rings. The van der Waals surface area contributed by atoms with Gasteiger partial charge in [-0.2, -0.15) is 8.42 Å². The predicted molar refractivity (Wildman–Crippen MR) is 71.0 cm³/mol. The number of unbranched alkanes of at least 4 members (excludes halogenated alkanes) is 1. The molecule has 116 valence electrons. The second kappa shape index (κ2) is 7.88. The molecule has 0 amide bonds. The number of rotatable bonds is 10. The second-order valence-electron chi connectivity index (χ2n) is 4.00. The van der Waals surface area contributed by atoms with Crippen molar-refractivity contribution in [2.24, 2.45) is 0 Å². The molecule has 0 aromatic carbocycles. The molecule has 0 rings (SSSR count). The van der Waals surface area contributed by atoms with Crippen molar-refractivity contribution in [3.63, 3.8) is 0 Å². The molecule has 1 atom stereocenters. The zero-order chi connectivity index (χ0) is 15.2. The van der Waals surface area contributed by atoms with Gasteiger partial charge in [-0.3, -0.25) is 13.3 Å². The van der Waals surface area contributed by atoms with Crippen molar-refractivity contribution in [3.8, 4) is 0 Å². The number of hydrogen-bond acceptors (Lipinski definition) is 6. The minimum atomic E-state index is -4.41. The maximum atomic E-state index is 12.1. The monoisotopic (exact) mass is 338 g/mol. The fourth-order valence-electron chi connectivity index (χ4n) is 1.36. The Morgan fingerprint density at radius 3 is 2.16 bits per heavy atom. The van der Waals surface area contributed by atoms with Gasteiger partial charge < -0.3 is 14.3 Å². The van der Waals surface area contributed by atoms with Gasteiger partial charge in [0.25, 0.3) is 10.1 Å². The van der Waals surface area contributed by atoms with E-state index in [0.717, 1.165) is 6.26 Å². The van der Waals surface area contributed by atoms with E-state index in [9.17, 15) is 17.5 Å². The van der Waals surface area contributed by atoms with E-state index < -0.39 is 31.0 Å². The standard InChI is InChI=1S/C8H20O8P2S/c1-3-15-17(9,8-18(10,11)12)7-5-4-6-16-19(2,13)14/h3-8H2,1-2H3,(H2,10,11,12). The maximum Gasteiger partial charge on any atom is 0.335 e. The van der Waals surface area contributed by atoms with Crippen LogP contribution in [0.25, 0.3) is 0 Å². The molecule has 19 heavy (non-hydrogen) atoms. The van der Waals surface area contributed by atoms with Crippen LogP contribution >= 0.6 is 15.0 Å². The van der Waals surface area contributed by atoms with Crippen LogP contribution in [0.5, 0.6) is 0 Å². The van der Waals surface area contributed by atoms with Crippen LogP contribution in [0, 0.1) is 0 Å². The van der Waals surface area contributed by atoms with Gasteiger partial charge in [-0.1, -0.05) is 0 Å². The van der Waals surface area contributed by atoms with Crippen molar-refractivity contribution in [3.05, 3.63) is 0 Å². The van der Waals surface area contributed by atoms with E-state index in [-0.39, 0.29) is 19.4 Å². The van der Waals surface area contributed by atoms with Crippen molar-refractivity contribution in [2.45, 2.75) is 19.8 Å². The van der Waals surface area contributed by atoms with Crippen LogP contribution in [0.3, 0.4) is 0 Å². The summed E-state index contributed by atoms with van der Waals surface area (Å²) in [6, 6.07) is 0. The molecule has 0 fully saturated rings. The van der Waals surface area contributed by atoms with Crippen LogP contribution in [0.2, 0.25) is 0 Å². The third-order valence-electron chi connectivity index (χ3n) is 1.95. The van der Waals surface area contributed by atoms with Gasteiger partial charge in [0.05, 0.1) is 19.5 Å². The highest BCUT2D eigenvalue weighted by molar-refractivity contribution is 7.86. The average Bonchev–Trinajstić information content (AvgIpc) is 2.12. The molecule has 11 heteroatoms. The molecule has 0 heterocycles. The van der Waals surface area contributed by atoms with Crippen molar-refractivity contribution >= 4 is 25.1 Å². The third kappa shape index (κ3) is 11.8. The van der Waals surface area contributed by atoms with E-state index in [4.69, 9.17) is 14.3 Å². The van der Waals surface area contributed by atoms with Gasteiger partial charge in [-0.25, -0.2) is 0 Å². The lowest BCUT2D eigenvalue weighted by molar-refractivity contribution is 0.310. The molecule has 0 radical (unpaired) electrons. The summed E-state index contributed by atoms with van der Waals surface area (Å²) in [5, 5.41) is 0. The van der Waals surface area contributed by atoms with Crippen molar-refractivity contribution in [1.82, 2.24) is 0 Å². The lowest BCUT2D eigenvalue weighted by Gasteiger charge is -2.18. The van der Waals surface area contributed by atoms with Crippen molar-refractivity contribution in [2.75, 3.05) is 31.5 Å². The molecule has 0 spiro atoms. The van der Waals surface area contributed by atoms with Gasteiger partial charge in [0.1, 0.15) is 5.90 Å². The lowest BCUT2D eigenvalue weighted by Crippen LogP contribution is -2.06. The zero-order valence-electron chi connectivity index (χ0n) is 10.9. The van der Waals surface area contributed by atoms with E-state index in [1.807, 2.05) is 0 Å². The van der Waals surface area contributed by atoms with Gasteiger partial charge in [0.15, 0.2) is 0 Å². The Bertz CT molecular complexity index is 453. The van der Waals surface area contributed by atoms with Crippen LogP contribution in [-0.4, -0.2) is 49.7 Å². The van der Waals surface area contributed by atoms with Gasteiger partial charge in [0.2, 0.25) is 7.37 Å². The molecule has 0 saturated carbocycles. The molecule has 0 bridgehead atoms. The Morgan fingerprint density at radius 1 is 1.16 bits per heavy atom. The minimum Gasteiger partial charge on any atom is -0.328 e. The van der Waals surface area contributed by atoms with Crippen LogP contribution in [0.4, 0.5) is 0 Å². The largest absolute Gasteiger partial charge is 0.335 e. The molecule has 0 aliphatic heterocycles. The summed E-state index contributed by atoms with van der Waals surface area (Å²) in [6.45, 7) is 1.62. The molecule has 0 saturated heterocycles. The van der Waals surface area contributed by atoms with E-state index in [0.29, 0.717) is 12.8 Å². The van der Waals surface area contributed by atoms with Crippen LogP contribution < -0.4 is 0 Å². The summed E-state index contributed by atoms with van der Waals surface area (Å²) in [7, 11) is -11.3. The first-order valence-electron chi connectivity index (χ1n) is 5.59. The first-order chi connectivity index (χ1) is 8.47. The van der Waals surface area contributed by atoms with Crippen LogP contribution in [0.15, 0.2) is 0 Å². The topological polar surface area (TPSA) is 127 Å². The quantitative estimate of drug-likeness (QED) is 0.345. The zero-order valence-corrected chi connectivity index (χ0v) is 13.5. The molecular formula is C8H20O8P2S. The molecule has 2 N–H and O–H groups in total. The first kappa shape index (κ1) is 19.2. The number of hydrogen-bond donors (Lipinski definition) is 2. The van der Waals surface area contributed by atoms with Gasteiger partial charge >= 0.3 is 7.60 Å². The molecular weight excluding hydrogens is 318 g/mol. The lowest BCUT2D eigenvalue weighted by atomic mass is 10.4. The summed E-state index contributed by atoms with van der Waals surface area (Å²) in [5.41, 5.74) is 0. The van der Waals surface area contributed by atoms with Crippen molar-refractivity contribution in [1.29, 1.82) is 0 Å². The summed E-state index contributed by atoms with van der Waals surface area (Å²) in [5.74, 6) is -0.791. The van der Waals surface area contributed by atoms with Crippen molar-refractivity contribution < 1.29 is 36.0 Å². The molecule has 1 unspecified atom stereocenters. The maximum absolute atomic E-state index is 12.1. The van der Waals surface area contributed by atoms with E-state index in [1.165, 1.54) is 0 Å². The van der Waals surface area contributed by atoms with Gasteiger partial charge in [-0.05, 0) is 19.8 Å². The smallest absolute Gasteiger partial charge is 0.328 e. The average molecular weight is 338 g/mol. The first-order valence-corrected chi connectivity index (χ1v) is 11.2. The van der Waals surface area contributed by atoms with E-state index >= 15 is 0 Å². The highest BCUT2D eigenvalue weighted by atomic mass is 32.2. The fourth-order valence-corrected chi connectivity index (χ4v) is 6.22. The second-order valence-corrected chi connectivity index (χ2v) is 10.4. The summed E-state index contributed by atoms with van der Waals surface area (Å²) < 4.78 is 53.8. The highest BCUT2D eigenvalue weighted by Gasteiger charge is 2.31. The fraction of sp³-hybridized carbons (Fsp3) is 1.00. The molecule has 0 aromatic rings. The van der Waals surface area contributed by atoms with Crippen LogP contribution in [0.1, 0.15) is 19.8 Å². The van der Waals surface area contributed by atoms with Gasteiger partial charge in [-0.15, -0.1) is 0 Å². The van der Waals surface area contributed by atoms with E-state index in [2.05, 4.69) is 4.18 Å². The van der Waals surface area contributed by atoms with Crippen LogP contribution in [-0.2, 0) is 28.0 Å². The summed E-state index contributed by atoms with van der Waals surface area (Å²) in [6.07, 6.45) is 1.52. The Balaban J connectivity index is 4.23. The third-order valence-corrected chi connectivity index (χ3v) is 7.47. The molecule has 8 nitrogen and oxygen atoms in total. The SMILES string of the molecule is CCOP(=O)(CCCCOS(C)(=O)=O)CP(=O)(O)O. The highest BCUT2D eigenvalue weighted by Crippen LogP contribution is 2.58. The Hall–Kier alpha value is 0.250. The summed E-state index contributed by atoms with van der Waals surface area (Å²) >= 11 is 0. The minimum absolute atomic E-state index is 0.0148. The Morgan fingerprint density at radius 2 is 1.74 bits per heavy atom.